The summed E-state index contributed by atoms with van der Waals surface area (Å²) >= 11 is 0. The maximum atomic E-state index is 5.91. The van der Waals surface area contributed by atoms with Gasteiger partial charge in [0, 0.05) is 6.61 Å². The lowest BCUT2D eigenvalue weighted by atomic mass is 9.69. The van der Waals surface area contributed by atoms with Crippen molar-refractivity contribution in [3.63, 3.8) is 0 Å². The molecule has 0 saturated heterocycles. The Morgan fingerprint density at radius 3 is 2.63 bits per heavy atom. The quantitative estimate of drug-likeness (QED) is 0.429. The molecule has 0 amide bonds. The Hall–Kier alpha value is -0.340. The van der Waals surface area contributed by atoms with Gasteiger partial charge in [0.1, 0.15) is 0 Å². The summed E-state index contributed by atoms with van der Waals surface area (Å²) in [4.78, 5) is 0. The van der Waals surface area contributed by atoms with Crippen molar-refractivity contribution in [2.75, 3.05) is 13.2 Å². The predicted octanol–water partition coefficient (Wildman–Crippen LogP) is 3.48. The standard InChI is InChI=1S/C17H26O2/c1-3-18-10(2)19-9-14-7-13-8-15(14)17-12-5-4-11(6-12)16(13)17/h4-5,10-17H,3,6-9H2,1-2H3. The monoisotopic (exact) mass is 262 g/mol. The molecule has 3 saturated carbocycles. The Balaban J connectivity index is 1.39. The zero-order valence-corrected chi connectivity index (χ0v) is 12.1. The third-order valence-corrected chi connectivity index (χ3v) is 6.35. The molecular weight excluding hydrogens is 236 g/mol. The van der Waals surface area contributed by atoms with Gasteiger partial charge in [-0.1, -0.05) is 12.2 Å². The molecule has 0 radical (unpaired) electrons. The topological polar surface area (TPSA) is 18.5 Å². The molecule has 4 rings (SSSR count). The first-order chi connectivity index (χ1) is 9.28. The van der Waals surface area contributed by atoms with E-state index in [9.17, 15) is 0 Å². The smallest absolute Gasteiger partial charge is 0.154 e. The summed E-state index contributed by atoms with van der Waals surface area (Å²) in [7, 11) is 0. The number of allylic oxidation sites excluding steroid dienone is 2. The van der Waals surface area contributed by atoms with Crippen LogP contribution in [0, 0.1) is 41.4 Å². The van der Waals surface area contributed by atoms with Gasteiger partial charge in [0.15, 0.2) is 6.29 Å². The van der Waals surface area contributed by atoms with Crippen molar-refractivity contribution < 1.29 is 9.47 Å². The Morgan fingerprint density at radius 1 is 1.05 bits per heavy atom. The SMILES string of the molecule is CCOC(C)OCC1CC2CC1C1C3C=CC(C3)C21. The van der Waals surface area contributed by atoms with E-state index in [0.717, 1.165) is 54.6 Å². The average Bonchev–Trinajstić information content (AvgIpc) is 3.14. The Bertz CT molecular complexity index is 377. The summed E-state index contributed by atoms with van der Waals surface area (Å²) in [5.41, 5.74) is 0. The summed E-state index contributed by atoms with van der Waals surface area (Å²) in [6, 6.07) is 0. The minimum Gasteiger partial charge on any atom is -0.353 e. The van der Waals surface area contributed by atoms with Gasteiger partial charge < -0.3 is 9.47 Å². The molecule has 2 nitrogen and oxygen atoms in total. The average molecular weight is 262 g/mol. The highest BCUT2D eigenvalue weighted by molar-refractivity contribution is 5.20. The predicted molar refractivity (Wildman–Crippen MR) is 74.5 cm³/mol. The van der Waals surface area contributed by atoms with E-state index in [4.69, 9.17) is 9.47 Å². The zero-order chi connectivity index (χ0) is 13.0. The van der Waals surface area contributed by atoms with Crippen LogP contribution in [0.2, 0.25) is 0 Å². The van der Waals surface area contributed by atoms with Gasteiger partial charge >= 0.3 is 0 Å². The van der Waals surface area contributed by atoms with Crippen molar-refractivity contribution >= 4 is 0 Å². The minimum absolute atomic E-state index is 0.0279. The molecule has 4 aliphatic carbocycles. The maximum Gasteiger partial charge on any atom is 0.154 e. The molecule has 8 atom stereocenters. The highest BCUT2D eigenvalue weighted by Gasteiger charge is 2.60. The van der Waals surface area contributed by atoms with Gasteiger partial charge in [-0.05, 0) is 74.5 Å². The third kappa shape index (κ3) is 1.83. The van der Waals surface area contributed by atoms with Crippen LogP contribution in [0.1, 0.15) is 33.1 Å². The normalized spacial score (nSPS) is 50.9. The van der Waals surface area contributed by atoms with E-state index in [1.165, 1.54) is 19.3 Å². The van der Waals surface area contributed by atoms with Crippen molar-refractivity contribution in [2.45, 2.75) is 39.4 Å². The van der Waals surface area contributed by atoms with Crippen LogP contribution in [0.15, 0.2) is 12.2 Å². The highest BCUT2D eigenvalue weighted by Crippen LogP contribution is 2.66. The van der Waals surface area contributed by atoms with Crippen molar-refractivity contribution in [1.82, 2.24) is 0 Å². The summed E-state index contributed by atoms with van der Waals surface area (Å²) < 4.78 is 11.4. The molecule has 8 unspecified atom stereocenters. The molecule has 106 valence electrons. The van der Waals surface area contributed by atoms with Gasteiger partial charge in [-0.3, -0.25) is 0 Å². The third-order valence-electron chi connectivity index (χ3n) is 6.35. The molecule has 4 bridgehead atoms. The molecule has 2 heteroatoms. The molecule has 19 heavy (non-hydrogen) atoms. The molecule has 0 aromatic carbocycles. The van der Waals surface area contributed by atoms with E-state index in [-0.39, 0.29) is 6.29 Å². The zero-order valence-electron chi connectivity index (χ0n) is 12.1. The van der Waals surface area contributed by atoms with Crippen LogP contribution in [-0.2, 0) is 9.47 Å². The molecule has 0 aromatic heterocycles. The van der Waals surface area contributed by atoms with Gasteiger partial charge in [0.25, 0.3) is 0 Å². The van der Waals surface area contributed by atoms with Crippen molar-refractivity contribution in [3.8, 4) is 0 Å². The van der Waals surface area contributed by atoms with E-state index in [1.54, 1.807) is 0 Å². The second-order valence-corrected chi connectivity index (χ2v) is 7.11. The van der Waals surface area contributed by atoms with E-state index in [1.807, 2.05) is 13.8 Å². The summed E-state index contributed by atoms with van der Waals surface area (Å²) in [6.07, 6.45) is 9.39. The van der Waals surface area contributed by atoms with Crippen LogP contribution in [0.25, 0.3) is 0 Å². The van der Waals surface area contributed by atoms with E-state index in [0.29, 0.717) is 0 Å². The van der Waals surface area contributed by atoms with Crippen LogP contribution in [-0.4, -0.2) is 19.5 Å². The second-order valence-electron chi connectivity index (χ2n) is 7.11. The molecule has 0 N–H and O–H groups in total. The molecule has 0 heterocycles. The first kappa shape index (κ1) is 12.4. The van der Waals surface area contributed by atoms with E-state index < -0.39 is 0 Å². The van der Waals surface area contributed by atoms with E-state index >= 15 is 0 Å². The molecule has 0 aliphatic heterocycles. The fourth-order valence-corrected chi connectivity index (χ4v) is 5.89. The van der Waals surface area contributed by atoms with Gasteiger partial charge in [0.2, 0.25) is 0 Å². The Kier molecular flexibility index (Phi) is 3.00. The molecule has 0 aromatic rings. The molecular formula is C17H26O2. The van der Waals surface area contributed by atoms with Gasteiger partial charge in [0.05, 0.1) is 6.61 Å². The number of hydrogen-bond acceptors (Lipinski definition) is 2. The molecule has 4 aliphatic rings. The maximum absolute atomic E-state index is 5.91. The lowest BCUT2D eigenvalue weighted by Gasteiger charge is -2.36. The van der Waals surface area contributed by atoms with Crippen LogP contribution in [0.3, 0.4) is 0 Å². The van der Waals surface area contributed by atoms with Gasteiger partial charge in [-0.25, -0.2) is 0 Å². The summed E-state index contributed by atoms with van der Waals surface area (Å²) in [5, 5.41) is 0. The Morgan fingerprint density at radius 2 is 1.84 bits per heavy atom. The van der Waals surface area contributed by atoms with Crippen molar-refractivity contribution in [1.29, 1.82) is 0 Å². The van der Waals surface area contributed by atoms with E-state index in [2.05, 4.69) is 12.2 Å². The Labute approximate surface area is 116 Å². The van der Waals surface area contributed by atoms with Gasteiger partial charge in [-0.2, -0.15) is 0 Å². The van der Waals surface area contributed by atoms with Crippen molar-refractivity contribution in [3.05, 3.63) is 12.2 Å². The van der Waals surface area contributed by atoms with Crippen LogP contribution >= 0.6 is 0 Å². The second kappa shape index (κ2) is 4.60. The number of rotatable bonds is 5. The largest absolute Gasteiger partial charge is 0.353 e. The summed E-state index contributed by atoms with van der Waals surface area (Å²) in [6.45, 7) is 5.73. The fourth-order valence-electron chi connectivity index (χ4n) is 5.89. The van der Waals surface area contributed by atoms with Crippen LogP contribution in [0.4, 0.5) is 0 Å². The molecule has 0 spiro atoms. The highest BCUT2D eigenvalue weighted by atomic mass is 16.7. The number of hydrogen-bond donors (Lipinski definition) is 0. The lowest BCUT2D eigenvalue weighted by Crippen LogP contribution is -2.33. The first-order valence-corrected chi connectivity index (χ1v) is 8.19. The number of ether oxygens (including phenoxy) is 2. The first-order valence-electron chi connectivity index (χ1n) is 8.19. The van der Waals surface area contributed by atoms with Crippen LogP contribution < -0.4 is 0 Å². The number of fused-ring (bicyclic) bond motifs is 9. The summed E-state index contributed by atoms with van der Waals surface area (Å²) in [5.74, 6) is 6.66. The fraction of sp³-hybridized carbons (Fsp3) is 0.882. The lowest BCUT2D eigenvalue weighted by molar-refractivity contribution is -0.140. The van der Waals surface area contributed by atoms with Crippen LogP contribution in [0.5, 0.6) is 0 Å². The minimum atomic E-state index is -0.0279. The molecule has 3 fully saturated rings. The van der Waals surface area contributed by atoms with Gasteiger partial charge in [-0.15, -0.1) is 0 Å². The van der Waals surface area contributed by atoms with Crippen molar-refractivity contribution in [2.24, 2.45) is 41.4 Å².